The van der Waals surface area contributed by atoms with Gasteiger partial charge in [0.25, 0.3) is 0 Å². The summed E-state index contributed by atoms with van der Waals surface area (Å²) in [4.78, 5) is 0. The summed E-state index contributed by atoms with van der Waals surface area (Å²) in [6.45, 7) is 2.04. The molecule has 0 bridgehead atoms. The average molecular weight is 428 g/mol. The van der Waals surface area contributed by atoms with E-state index in [4.69, 9.17) is 0 Å². The van der Waals surface area contributed by atoms with Crippen molar-refractivity contribution in [1.82, 2.24) is 9.78 Å². The zero-order valence-electron chi connectivity index (χ0n) is 7.49. The van der Waals surface area contributed by atoms with E-state index >= 15 is 0 Å². The molecule has 0 saturated carbocycles. The van der Waals surface area contributed by atoms with Crippen LogP contribution in [0.4, 0.5) is 0 Å². The van der Waals surface area contributed by atoms with Crippen molar-refractivity contribution in [3.8, 4) is 5.69 Å². The predicted molar refractivity (Wildman–Crippen MR) is 54.8 cm³/mol. The molecule has 1 heterocycles. The van der Waals surface area contributed by atoms with Crippen LogP contribution in [-0.4, -0.2) is 9.78 Å². The predicted octanol–water partition coefficient (Wildman–Crippen LogP) is 2.74. The fourth-order valence-electron chi connectivity index (χ4n) is 1.07. The summed E-state index contributed by atoms with van der Waals surface area (Å²) in [5.74, 6) is 0. The van der Waals surface area contributed by atoms with Crippen LogP contribution in [0.15, 0.2) is 35.1 Å². The van der Waals surface area contributed by atoms with Gasteiger partial charge in [-0.3, -0.25) is 4.68 Å². The molecule has 0 N–H and O–H groups in total. The second kappa shape index (κ2) is 4.87. The number of halogens is 1. The first-order valence-electron chi connectivity index (χ1n) is 3.95. The van der Waals surface area contributed by atoms with E-state index in [1.54, 1.807) is 10.9 Å². The van der Waals surface area contributed by atoms with Gasteiger partial charge in [0, 0.05) is 32.5 Å². The summed E-state index contributed by atoms with van der Waals surface area (Å²) in [6.07, 6.45) is 3.65. The summed E-state index contributed by atoms with van der Waals surface area (Å²) in [5.41, 5.74) is 2.12. The van der Waals surface area contributed by atoms with Crippen molar-refractivity contribution in [1.29, 1.82) is 0 Å². The Morgan fingerprint density at radius 1 is 1.50 bits per heavy atom. The van der Waals surface area contributed by atoms with Crippen molar-refractivity contribution in [2.24, 2.45) is 0 Å². The molecule has 2 aromatic rings. The maximum Gasteiger partial charge on any atom is 0.0493 e. The SMILES string of the molecule is Cc1c[c-]c(-n2cccn2)cc1Br.[Ir]. The van der Waals surface area contributed by atoms with Gasteiger partial charge >= 0.3 is 0 Å². The van der Waals surface area contributed by atoms with E-state index in [9.17, 15) is 0 Å². The topological polar surface area (TPSA) is 17.8 Å². The molecule has 2 nitrogen and oxygen atoms in total. The molecular weight excluding hydrogens is 420 g/mol. The summed E-state index contributed by atoms with van der Waals surface area (Å²) in [5, 5.41) is 4.12. The second-order valence-electron chi connectivity index (χ2n) is 2.80. The standard InChI is InChI=1S/C10H8BrN2.Ir/c1-8-3-4-9(7-10(8)11)13-6-2-5-12-13;/h2-3,5-7H,1H3;/q-1;. The van der Waals surface area contributed by atoms with Gasteiger partial charge in [0.1, 0.15) is 0 Å². The van der Waals surface area contributed by atoms with Gasteiger partial charge in [0.2, 0.25) is 0 Å². The molecule has 4 heteroatoms. The number of rotatable bonds is 1. The van der Waals surface area contributed by atoms with E-state index < -0.39 is 0 Å². The van der Waals surface area contributed by atoms with Crippen LogP contribution in [0.5, 0.6) is 0 Å². The summed E-state index contributed by atoms with van der Waals surface area (Å²) in [6, 6.07) is 8.99. The van der Waals surface area contributed by atoms with Crippen LogP contribution in [-0.2, 0) is 20.1 Å². The molecule has 0 atom stereocenters. The quantitative estimate of drug-likeness (QED) is 0.639. The van der Waals surface area contributed by atoms with Gasteiger partial charge in [-0.1, -0.05) is 27.3 Å². The fraction of sp³-hybridized carbons (Fsp3) is 0.100. The smallest absolute Gasteiger partial charge is 0.0493 e. The van der Waals surface area contributed by atoms with E-state index in [2.05, 4.69) is 27.1 Å². The van der Waals surface area contributed by atoms with Gasteiger partial charge in [-0.15, -0.1) is 11.6 Å². The van der Waals surface area contributed by atoms with Crippen LogP contribution in [0, 0.1) is 13.0 Å². The van der Waals surface area contributed by atoms with Crippen LogP contribution in [0.25, 0.3) is 5.69 Å². The van der Waals surface area contributed by atoms with Gasteiger partial charge in [-0.2, -0.15) is 17.2 Å². The van der Waals surface area contributed by atoms with Gasteiger partial charge in [0.05, 0.1) is 0 Å². The van der Waals surface area contributed by atoms with Crippen LogP contribution in [0.3, 0.4) is 0 Å². The molecule has 0 aliphatic heterocycles. The Hall–Kier alpha value is -0.441. The molecule has 14 heavy (non-hydrogen) atoms. The largest absolute Gasteiger partial charge is 0.266 e. The second-order valence-corrected chi connectivity index (χ2v) is 3.65. The minimum absolute atomic E-state index is 0. The fourth-order valence-corrected chi connectivity index (χ4v) is 1.40. The molecule has 1 radical (unpaired) electrons. The van der Waals surface area contributed by atoms with Gasteiger partial charge in [-0.25, -0.2) is 0 Å². The summed E-state index contributed by atoms with van der Waals surface area (Å²) >= 11 is 3.47. The van der Waals surface area contributed by atoms with Crippen molar-refractivity contribution >= 4 is 15.9 Å². The third-order valence-corrected chi connectivity index (χ3v) is 2.68. The number of hydrogen-bond acceptors (Lipinski definition) is 1. The minimum atomic E-state index is 0. The van der Waals surface area contributed by atoms with Crippen molar-refractivity contribution in [2.45, 2.75) is 6.92 Å². The third-order valence-electron chi connectivity index (χ3n) is 1.83. The van der Waals surface area contributed by atoms with Crippen molar-refractivity contribution in [3.63, 3.8) is 0 Å². The minimum Gasteiger partial charge on any atom is -0.266 e. The molecule has 0 spiro atoms. The van der Waals surface area contributed by atoms with E-state index in [0.29, 0.717) is 0 Å². The van der Waals surface area contributed by atoms with Crippen molar-refractivity contribution in [2.75, 3.05) is 0 Å². The molecular formula is C10H8BrIrN2-. The zero-order chi connectivity index (χ0) is 9.26. The molecule has 0 saturated heterocycles. The van der Waals surface area contributed by atoms with Crippen LogP contribution < -0.4 is 0 Å². The average Bonchev–Trinajstić information content (AvgIpc) is 2.62. The number of benzene rings is 1. The number of aryl methyl sites for hydroxylation is 1. The molecule has 0 aliphatic carbocycles. The molecule has 2 rings (SSSR count). The molecule has 75 valence electrons. The first-order chi connectivity index (χ1) is 6.27. The first-order valence-corrected chi connectivity index (χ1v) is 4.74. The Morgan fingerprint density at radius 3 is 2.86 bits per heavy atom. The Morgan fingerprint density at radius 2 is 2.29 bits per heavy atom. The van der Waals surface area contributed by atoms with Gasteiger partial charge in [0.15, 0.2) is 0 Å². The molecule has 0 aliphatic rings. The van der Waals surface area contributed by atoms with E-state index in [0.717, 1.165) is 10.2 Å². The zero-order valence-corrected chi connectivity index (χ0v) is 11.5. The Kier molecular flexibility index (Phi) is 4.05. The van der Waals surface area contributed by atoms with Gasteiger partial charge in [-0.05, 0) is 11.8 Å². The van der Waals surface area contributed by atoms with E-state index in [1.807, 2.05) is 31.3 Å². The molecule has 0 amide bonds. The van der Waals surface area contributed by atoms with E-state index in [-0.39, 0.29) is 20.1 Å². The van der Waals surface area contributed by atoms with Gasteiger partial charge < -0.3 is 0 Å². The van der Waals surface area contributed by atoms with Crippen molar-refractivity contribution < 1.29 is 20.1 Å². The van der Waals surface area contributed by atoms with Crippen LogP contribution in [0.1, 0.15) is 5.56 Å². The van der Waals surface area contributed by atoms with Crippen LogP contribution >= 0.6 is 15.9 Å². The Labute approximate surface area is 105 Å². The molecule has 1 aromatic carbocycles. The number of hydrogen-bond donors (Lipinski definition) is 0. The Balaban J connectivity index is 0.000000980. The van der Waals surface area contributed by atoms with E-state index in [1.165, 1.54) is 5.56 Å². The number of aromatic nitrogens is 2. The monoisotopic (exact) mass is 428 g/mol. The summed E-state index contributed by atoms with van der Waals surface area (Å²) < 4.78 is 2.86. The third kappa shape index (κ3) is 2.32. The normalized spacial score (nSPS) is 9.57. The van der Waals surface area contributed by atoms with Crippen LogP contribution in [0.2, 0.25) is 0 Å². The van der Waals surface area contributed by atoms with Crippen molar-refractivity contribution in [3.05, 3.63) is 46.7 Å². The first kappa shape index (κ1) is 11.6. The Bertz CT molecular complexity index is 412. The maximum atomic E-state index is 4.12. The molecule has 0 fully saturated rings. The number of nitrogens with zero attached hydrogens (tertiary/aromatic N) is 2. The molecule has 0 unspecified atom stereocenters. The summed E-state index contributed by atoms with van der Waals surface area (Å²) in [7, 11) is 0. The molecule has 1 aromatic heterocycles. The maximum absolute atomic E-state index is 4.12.